The number of rotatable bonds is 6. The van der Waals surface area contributed by atoms with E-state index >= 15 is 0 Å². The Labute approximate surface area is 207 Å². The average molecular weight is 494 g/mol. The van der Waals surface area contributed by atoms with Crippen molar-refractivity contribution < 1.29 is 24.3 Å². The number of carboxylic acids is 1. The van der Waals surface area contributed by atoms with E-state index in [1.165, 1.54) is 0 Å². The fourth-order valence-electron chi connectivity index (χ4n) is 3.67. The molecule has 3 aromatic carbocycles. The fourth-order valence-corrected chi connectivity index (χ4v) is 3.96. The van der Waals surface area contributed by atoms with Gasteiger partial charge in [-0.15, -0.1) is 5.59 Å². The second kappa shape index (κ2) is 10.7. The first-order valence-corrected chi connectivity index (χ1v) is 11.4. The van der Waals surface area contributed by atoms with Crippen molar-refractivity contribution in [3.05, 3.63) is 88.9 Å². The van der Waals surface area contributed by atoms with Crippen molar-refractivity contribution in [3.8, 4) is 11.1 Å². The third-order valence-corrected chi connectivity index (χ3v) is 5.85. The maximum absolute atomic E-state index is 12.6. The first kappa shape index (κ1) is 24.4. The van der Waals surface area contributed by atoms with Gasteiger partial charge >= 0.3 is 12.1 Å². The van der Waals surface area contributed by atoms with Gasteiger partial charge in [0.2, 0.25) is 0 Å². The van der Waals surface area contributed by atoms with Crippen LogP contribution in [0.5, 0.6) is 0 Å². The van der Waals surface area contributed by atoms with E-state index < -0.39 is 24.3 Å². The predicted molar refractivity (Wildman–Crippen MR) is 133 cm³/mol. The van der Waals surface area contributed by atoms with E-state index in [0.29, 0.717) is 22.1 Å². The minimum atomic E-state index is -0.865. The van der Waals surface area contributed by atoms with Crippen molar-refractivity contribution >= 4 is 35.2 Å². The lowest BCUT2D eigenvalue weighted by Gasteiger charge is -2.18. The summed E-state index contributed by atoms with van der Waals surface area (Å²) in [6.45, 7) is 3.50. The van der Waals surface area contributed by atoms with Gasteiger partial charge in [0.1, 0.15) is 12.2 Å². The standard InChI is InChI=1S/C26H24ClN3O5/c1-16(22-5-3-4-6-23(22)27)34-26(33)28-25-17(2)35-29-30(25)21-13-11-20(12-14-21)19-9-7-18(8-10-19)15-24(31)32/h3-14,16-17,29H,15H2,1-2H3,(H,31,32). The van der Waals surface area contributed by atoms with E-state index in [-0.39, 0.29) is 6.42 Å². The number of carbonyl (C=O) groups excluding carboxylic acids is 1. The summed E-state index contributed by atoms with van der Waals surface area (Å²) in [4.78, 5) is 33.0. The highest BCUT2D eigenvalue weighted by molar-refractivity contribution is 6.31. The van der Waals surface area contributed by atoms with E-state index in [4.69, 9.17) is 26.3 Å². The molecule has 3 aromatic rings. The predicted octanol–water partition coefficient (Wildman–Crippen LogP) is 5.58. The molecule has 0 spiro atoms. The third-order valence-electron chi connectivity index (χ3n) is 5.51. The number of anilines is 1. The Kier molecular flexibility index (Phi) is 7.45. The first-order chi connectivity index (χ1) is 16.8. The summed E-state index contributed by atoms with van der Waals surface area (Å²) in [6.07, 6.45) is -1.82. The van der Waals surface area contributed by atoms with Crippen LogP contribution in [-0.2, 0) is 20.8 Å². The van der Waals surface area contributed by atoms with Crippen LogP contribution in [0, 0.1) is 0 Å². The molecule has 1 heterocycles. The van der Waals surface area contributed by atoms with Gasteiger partial charge in [-0.3, -0.25) is 9.63 Å². The molecule has 0 saturated carbocycles. The van der Waals surface area contributed by atoms with E-state index in [2.05, 4.69) is 10.6 Å². The Morgan fingerprint density at radius 2 is 1.71 bits per heavy atom. The number of hydrazine groups is 1. The molecule has 35 heavy (non-hydrogen) atoms. The quantitative estimate of drug-likeness (QED) is 0.462. The van der Waals surface area contributed by atoms with Gasteiger partial charge in [-0.2, -0.15) is 4.99 Å². The van der Waals surface area contributed by atoms with Crippen molar-refractivity contribution in [1.82, 2.24) is 5.59 Å². The van der Waals surface area contributed by atoms with Gasteiger partial charge in [-0.1, -0.05) is 66.2 Å². The van der Waals surface area contributed by atoms with Crippen molar-refractivity contribution in [2.45, 2.75) is 32.5 Å². The van der Waals surface area contributed by atoms with Crippen molar-refractivity contribution in [2.24, 2.45) is 4.99 Å². The topological polar surface area (TPSA) is 100 Å². The normalized spacial score (nSPS) is 17.4. The number of nitrogens with one attached hydrogen (secondary N) is 1. The molecule has 0 bridgehead atoms. The lowest BCUT2D eigenvalue weighted by molar-refractivity contribution is -0.136. The third kappa shape index (κ3) is 5.86. The maximum atomic E-state index is 12.6. The summed E-state index contributed by atoms with van der Waals surface area (Å²) in [7, 11) is 0. The van der Waals surface area contributed by atoms with E-state index in [0.717, 1.165) is 16.7 Å². The SMILES string of the molecule is CC1ONN(c2ccc(-c3ccc(CC(=O)O)cc3)cc2)C1=NC(=O)OC(C)c1ccccc1Cl. The Morgan fingerprint density at radius 3 is 2.34 bits per heavy atom. The first-order valence-electron chi connectivity index (χ1n) is 11.0. The fraction of sp³-hybridized carbons (Fsp3) is 0.192. The summed E-state index contributed by atoms with van der Waals surface area (Å²) in [5.74, 6) is -0.511. The highest BCUT2D eigenvalue weighted by Crippen LogP contribution is 2.27. The van der Waals surface area contributed by atoms with Crippen molar-refractivity contribution in [1.29, 1.82) is 0 Å². The number of carboxylic acid groups (broad SMARTS) is 1. The summed E-state index contributed by atoms with van der Waals surface area (Å²) >= 11 is 6.19. The highest BCUT2D eigenvalue weighted by atomic mass is 35.5. The Morgan fingerprint density at radius 1 is 1.09 bits per heavy atom. The van der Waals surface area contributed by atoms with Crippen LogP contribution in [0.4, 0.5) is 10.5 Å². The minimum Gasteiger partial charge on any atom is -0.481 e. The Bertz CT molecular complexity index is 1240. The molecule has 1 amide bonds. The number of amides is 1. The van der Waals surface area contributed by atoms with Crippen molar-refractivity contribution in [2.75, 3.05) is 5.01 Å². The van der Waals surface area contributed by atoms with Gasteiger partial charge < -0.3 is 9.84 Å². The van der Waals surface area contributed by atoms with Crippen LogP contribution in [0.15, 0.2) is 77.8 Å². The van der Waals surface area contributed by atoms with E-state index in [9.17, 15) is 9.59 Å². The molecule has 0 aliphatic carbocycles. The molecule has 0 aromatic heterocycles. The molecule has 1 aliphatic heterocycles. The molecule has 0 radical (unpaired) electrons. The minimum absolute atomic E-state index is 0.0141. The van der Waals surface area contributed by atoms with Crippen LogP contribution >= 0.6 is 11.6 Å². The summed E-state index contributed by atoms with van der Waals surface area (Å²) in [5, 5.41) is 11.0. The number of benzene rings is 3. The molecule has 1 aliphatic rings. The van der Waals surface area contributed by atoms with Crippen LogP contribution in [0.1, 0.15) is 31.1 Å². The second-order valence-corrected chi connectivity index (χ2v) is 8.43. The molecular formula is C26H24ClN3O5. The largest absolute Gasteiger partial charge is 0.481 e. The molecule has 2 N–H and O–H groups in total. The van der Waals surface area contributed by atoms with E-state index in [1.54, 1.807) is 43.1 Å². The zero-order valence-electron chi connectivity index (χ0n) is 19.1. The van der Waals surface area contributed by atoms with Gasteiger partial charge in [-0.05, 0) is 48.7 Å². The second-order valence-electron chi connectivity index (χ2n) is 8.02. The van der Waals surface area contributed by atoms with E-state index in [1.807, 2.05) is 48.5 Å². The van der Waals surface area contributed by atoms with Crippen LogP contribution in [0.3, 0.4) is 0 Å². The number of amidine groups is 1. The van der Waals surface area contributed by atoms with Crippen LogP contribution in [0.2, 0.25) is 5.02 Å². The maximum Gasteiger partial charge on any atom is 0.436 e. The average Bonchev–Trinajstić information content (AvgIpc) is 3.19. The number of aliphatic carboxylic acids is 1. The highest BCUT2D eigenvalue weighted by Gasteiger charge is 2.30. The molecule has 9 heteroatoms. The van der Waals surface area contributed by atoms with Crippen LogP contribution < -0.4 is 10.6 Å². The molecule has 2 unspecified atom stereocenters. The number of ether oxygens (including phenoxy) is 1. The van der Waals surface area contributed by atoms with Crippen molar-refractivity contribution in [3.63, 3.8) is 0 Å². The molecule has 8 nitrogen and oxygen atoms in total. The number of hydrogen-bond acceptors (Lipinski definition) is 5. The van der Waals surface area contributed by atoms with Gasteiger partial charge in [0.25, 0.3) is 0 Å². The molecule has 1 fully saturated rings. The monoisotopic (exact) mass is 493 g/mol. The molecule has 180 valence electrons. The zero-order chi connectivity index (χ0) is 24.9. The molecule has 2 atom stereocenters. The lowest BCUT2D eigenvalue weighted by Crippen LogP contribution is -2.35. The number of halogens is 1. The Balaban J connectivity index is 1.48. The Hall–Kier alpha value is -3.72. The lowest BCUT2D eigenvalue weighted by atomic mass is 10.0. The molecule has 1 saturated heterocycles. The summed E-state index contributed by atoms with van der Waals surface area (Å²) in [6, 6.07) is 22.1. The number of nitrogens with zero attached hydrogens (tertiary/aromatic N) is 2. The van der Waals surface area contributed by atoms with Gasteiger partial charge in [0.05, 0.1) is 12.1 Å². The van der Waals surface area contributed by atoms with Crippen LogP contribution in [0.25, 0.3) is 11.1 Å². The zero-order valence-corrected chi connectivity index (χ0v) is 19.9. The number of carbonyl (C=O) groups is 2. The number of hydrogen-bond donors (Lipinski definition) is 2. The molecule has 4 rings (SSSR count). The smallest absolute Gasteiger partial charge is 0.436 e. The van der Waals surface area contributed by atoms with Gasteiger partial charge in [0.15, 0.2) is 5.84 Å². The van der Waals surface area contributed by atoms with Gasteiger partial charge in [-0.25, -0.2) is 9.80 Å². The van der Waals surface area contributed by atoms with Crippen LogP contribution in [-0.4, -0.2) is 29.1 Å². The summed E-state index contributed by atoms with van der Waals surface area (Å²) < 4.78 is 5.46. The number of aliphatic imine (C=N–C) groups is 1. The molecular weight excluding hydrogens is 470 g/mol. The summed E-state index contributed by atoms with van der Waals surface area (Å²) in [5.41, 5.74) is 6.83. The van der Waals surface area contributed by atoms with Gasteiger partial charge in [0, 0.05) is 10.6 Å².